The van der Waals surface area contributed by atoms with E-state index in [9.17, 15) is 14.9 Å². The maximum absolute atomic E-state index is 12.4. The highest BCUT2D eigenvalue weighted by Crippen LogP contribution is 2.29. The van der Waals surface area contributed by atoms with Crippen molar-refractivity contribution in [3.05, 3.63) is 73.7 Å². The molecule has 0 fully saturated rings. The average molecular weight is 465 g/mol. The number of carbonyl (C=O) groups is 1. The van der Waals surface area contributed by atoms with E-state index in [2.05, 4.69) is 31.4 Å². The topological polar surface area (TPSA) is 98.0 Å². The zero-order chi connectivity index (χ0) is 19.4. The van der Waals surface area contributed by atoms with Gasteiger partial charge in [-0.3, -0.25) is 20.2 Å². The predicted molar refractivity (Wildman–Crippen MR) is 109 cm³/mol. The molecule has 0 aliphatic rings. The van der Waals surface area contributed by atoms with Crippen LogP contribution in [-0.2, 0) is 5.75 Å². The minimum atomic E-state index is -0.506. The molecule has 27 heavy (non-hydrogen) atoms. The number of nitro groups is 1. The van der Waals surface area contributed by atoms with Crippen molar-refractivity contribution in [2.24, 2.45) is 0 Å². The third kappa shape index (κ3) is 4.90. The molecule has 0 saturated carbocycles. The van der Waals surface area contributed by atoms with E-state index in [-0.39, 0.29) is 11.3 Å². The fourth-order valence-corrected chi connectivity index (χ4v) is 4.24. The van der Waals surface area contributed by atoms with Gasteiger partial charge in [0.1, 0.15) is 0 Å². The van der Waals surface area contributed by atoms with Crippen LogP contribution in [0.2, 0.25) is 0 Å². The second-order valence-corrected chi connectivity index (χ2v) is 8.56. The van der Waals surface area contributed by atoms with E-state index in [0.717, 1.165) is 20.1 Å². The molecule has 0 aliphatic heterocycles. The maximum Gasteiger partial charge on any atom is 0.273 e. The number of anilines is 1. The number of thioether (sulfide) groups is 1. The monoisotopic (exact) mass is 464 g/mol. The molecule has 1 amide bonds. The van der Waals surface area contributed by atoms with Crippen LogP contribution in [0.25, 0.3) is 0 Å². The Hall–Kier alpha value is -2.30. The van der Waals surface area contributed by atoms with E-state index >= 15 is 0 Å². The SMILES string of the molecule is Cc1c(C(=O)Nc2nnc(SCc3ccc(Br)cc3)s2)cccc1[N+](=O)[O-]. The van der Waals surface area contributed by atoms with Gasteiger partial charge in [-0.05, 0) is 30.7 Å². The number of carbonyl (C=O) groups excluding carboxylic acids is 1. The molecule has 10 heteroatoms. The largest absolute Gasteiger partial charge is 0.296 e. The second-order valence-electron chi connectivity index (χ2n) is 5.45. The van der Waals surface area contributed by atoms with Gasteiger partial charge in [-0.1, -0.05) is 57.2 Å². The lowest BCUT2D eigenvalue weighted by Crippen LogP contribution is -2.14. The summed E-state index contributed by atoms with van der Waals surface area (Å²) in [6.45, 7) is 1.55. The van der Waals surface area contributed by atoms with E-state index in [1.807, 2.05) is 24.3 Å². The molecule has 0 atom stereocenters. The number of hydrogen-bond donors (Lipinski definition) is 1. The molecule has 2 aromatic carbocycles. The van der Waals surface area contributed by atoms with Gasteiger partial charge in [-0.15, -0.1) is 10.2 Å². The fraction of sp³-hybridized carbons (Fsp3) is 0.118. The van der Waals surface area contributed by atoms with Crippen LogP contribution in [0, 0.1) is 17.0 Å². The van der Waals surface area contributed by atoms with Crippen molar-refractivity contribution < 1.29 is 9.72 Å². The van der Waals surface area contributed by atoms with E-state index in [4.69, 9.17) is 0 Å². The van der Waals surface area contributed by atoms with Gasteiger partial charge in [0.05, 0.1) is 4.92 Å². The molecule has 7 nitrogen and oxygen atoms in total. The number of halogens is 1. The van der Waals surface area contributed by atoms with Gasteiger partial charge in [0.2, 0.25) is 5.13 Å². The lowest BCUT2D eigenvalue weighted by Gasteiger charge is -2.05. The van der Waals surface area contributed by atoms with E-state index in [1.54, 1.807) is 13.0 Å². The Morgan fingerprint density at radius 1 is 1.26 bits per heavy atom. The summed E-state index contributed by atoms with van der Waals surface area (Å²) < 4.78 is 1.75. The zero-order valence-electron chi connectivity index (χ0n) is 14.0. The van der Waals surface area contributed by atoms with Crippen LogP contribution in [0.1, 0.15) is 21.5 Å². The minimum absolute atomic E-state index is 0.0920. The summed E-state index contributed by atoms with van der Waals surface area (Å²) in [4.78, 5) is 22.9. The first-order chi connectivity index (χ1) is 12.9. The molecule has 0 saturated heterocycles. The highest BCUT2D eigenvalue weighted by atomic mass is 79.9. The molecular weight excluding hydrogens is 452 g/mol. The van der Waals surface area contributed by atoms with Crippen molar-refractivity contribution in [2.75, 3.05) is 5.32 Å². The number of rotatable bonds is 6. The second kappa shape index (κ2) is 8.59. The van der Waals surface area contributed by atoms with Gasteiger partial charge >= 0.3 is 0 Å². The van der Waals surface area contributed by atoms with Crippen molar-refractivity contribution in [1.82, 2.24) is 10.2 Å². The van der Waals surface area contributed by atoms with E-state index < -0.39 is 10.8 Å². The third-order valence-electron chi connectivity index (χ3n) is 3.65. The van der Waals surface area contributed by atoms with E-state index in [1.165, 1.54) is 35.2 Å². The summed E-state index contributed by atoms with van der Waals surface area (Å²) in [6.07, 6.45) is 0. The van der Waals surface area contributed by atoms with Crippen LogP contribution in [0.15, 0.2) is 51.3 Å². The smallest absolute Gasteiger partial charge is 0.273 e. The summed E-state index contributed by atoms with van der Waals surface area (Å²) in [5, 5.41) is 22.1. The van der Waals surface area contributed by atoms with Crippen LogP contribution in [0.5, 0.6) is 0 Å². The molecule has 3 rings (SSSR count). The molecule has 3 aromatic rings. The number of nitro benzene ring substituents is 1. The minimum Gasteiger partial charge on any atom is -0.296 e. The lowest BCUT2D eigenvalue weighted by atomic mass is 10.1. The van der Waals surface area contributed by atoms with Gasteiger partial charge in [0.25, 0.3) is 11.6 Å². The number of benzene rings is 2. The predicted octanol–water partition coefficient (Wildman–Crippen LogP) is 5.06. The quantitative estimate of drug-likeness (QED) is 0.237. The van der Waals surface area contributed by atoms with Gasteiger partial charge in [-0.2, -0.15) is 0 Å². The summed E-state index contributed by atoms with van der Waals surface area (Å²) in [5.74, 6) is 0.289. The number of aromatic nitrogens is 2. The van der Waals surface area contributed by atoms with Crippen molar-refractivity contribution in [2.45, 2.75) is 17.0 Å². The Morgan fingerprint density at radius 3 is 2.70 bits per heavy atom. The first-order valence-corrected chi connectivity index (χ1v) is 10.3. The fourth-order valence-electron chi connectivity index (χ4n) is 2.28. The summed E-state index contributed by atoms with van der Waals surface area (Å²) in [6, 6.07) is 12.4. The Balaban J connectivity index is 1.65. The van der Waals surface area contributed by atoms with Gasteiger partial charge in [0.15, 0.2) is 4.34 Å². The van der Waals surface area contributed by atoms with Crippen LogP contribution in [0.3, 0.4) is 0 Å². The van der Waals surface area contributed by atoms with Gasteiger partial charge in [-0.25, -0.2) is 0 Å². The summed E-state index contributed by atoms with van der Waals surface area (Å²) in [7, 11) is 0. The van der Waals surface area contributed by atoms with Gasteiger partial charge < -0.3 is 0 Å². The maximum atomic E-state index is 12.4. The lowest BCUT2D eigenvalue weighted by molar-refractivity contribution is -0.385. The van der Waals surface area contributed by atoms with Crippen LogP contribution in [-0.4, -0.2) is 21.0 Å². The Bertz CT molecular complexity index is 992. The Labute approximate surface area is 171 Å². The number of nitrogens with zero attached hydrogens (tertiary/aromatic N) is 3. The van der Waals surface area contributed by atoms with Crippen molar-refractivity contribution >= 4 is 55.8 Å². The highest BCUT2D eigenvalue weighted by Gasteiger charge is 2.19. The molecule has 0 unspecified atom stereocenters. The molecule has 1 heterocycles. The number of amides is 1. The average Bonchev–Trinajstić information content (AvgIpc) is 3.08. The number of nitrogens with one attached hydrogen (secondary N) is 1. The molecule has 0 bridgehead atoms. The first-order valence-electron chi connectivity index (χ1n) is 7.70. The zero-order valence-corrected chi connectivity index (χ0v) is 17.2. The molecule has 1 aromatic heterocycles. The van der Waals surface area contributed by atoms with Crippen LogP contribution in [0.4, 0.5) is 10.8 Å². The van der Waals surface area contributed by atoms with Crippen LogP contribution >= 0.6 is 39.0 Å². The Kier molecular flexibility index (Phi) is 6.19. The van der Waals surface area contributed by atoms with E-state index in [0.29, 0.717) is 10.7 Å². The van der Waals surface area contributed by atoms with Crippen molar-refractivity contribution in [3.8, 4) is 0 Å². The summed E-state index contributed by atoms with van der Waals surface area (Å²) in [5.41, 5.74) is 1.61. The molecule has 138 valence electrons. The normalized spacial score (nSPS) is 10.6. The molecule has 0 spiro atoms. The molecule has 1 N–H and O–H groups in total. The van der Waals surface area contributed by atoms with Crippen molar-refractivity contribution in [1.29, 1.82) is 0 Å². The highest BCUT2D eigenvalue weighted by molar-refractivity contribution is 9.10. The van der Waals surface area contributed by atoms with Crippen molar-refractivity contribution in [3.63, 3.8) is 0 Å². The summed E-state index contributed by atoms with van der Waals surface area (Å²) >= 11 is 6.18. The molecule has 0 radical (unpaired) electrons. The standard InChI is InChI=1S/C17H13BrN4O3S2/c1-10-13(3-2-4-14(10)22(24)25)15(23)19-16-20-21-17(27-16)26-9-11-5-7-12(18)8-6-11/h2-8H,9H2,1H3,(H,19,20,23). The Morgan fingerprint density at radius 2 is 2.00 bits per heavy atom. The third-order valence-corrected chi connectivity index (χ3v) is 6.22. The first kappa shape index (κ1) is 19.5. The molecular formula is C17H13BrN4O3S2. The molecule has 0 aliphatic carbocycles. The number of hydrogen-bond acceptors (Lipinski definition) is 7. The van der Waals surface area contributed by atoms with Crippen LogP contribution < -0.4 is 5.32 Å². The van der Waals surface area contributed by atoms with Gasteiger partial charge in [0, 0.05) is 27.4 Å².